The van der Waals surface area contributed by atoms with E-state index in [9.17, 15) is 4.79 Å². The molecule has 0 aliphatic carbocycles. The molecule has 1 aromatic rings. The summed E-state index contributed by atoms with van der Waals surface area (Å²) in [7, 11) is 1.89. The van der Waals surface area contributed by atoms with E-state index in [0.29, 0.717) is 24.7 Å². The lowest BCUT2D eigenvalue weighted by atomic mass is 10.2. The van der Waals surface area contributed by atoms with Gasteiger partial charge in [-0.05, 0) is 12.0 Å². The molecule has 1 heterocycles. The number of nitrogens with zero attached hydrogens (tertiary/aromatic N) is 1. The molecule has 4 nitrogen and oxygen atoms in total. The van der Waals surface area contributed by atoms with Gasteiger partial charge in [-0.25, -0.2) is 0 Å². The zero-order valence-electron chi connectivity index (χ0n) is 10.8. The number of aryl methyl sites for hydroxylation is 1. The molecule has 0 radical (unpaired) electrons. The van der Waals surface area contributed by atoms with Crippen LogP contribution in [0.25, 0.3) is 0 Å². The third-order valence-electron chi connectivity index (χ3n) is 2.21. The van der Waals surface area contributed by atoms with Crippen molar-refractivity contribution >= 4 is 5.78 Å². The Kier molecular flexibility index (Phi) is 5.94. The molecular weight excluding hydrogens is 218 g/mol. The number of carbonyl (C=O) groups is 1. The molecule has 0 aliphatic heterocycles. The van der Waals surface area contributed by atoms with Crippen molar-refractivity contribution in [3.8, 4) is 0 Å². The highest BCUT2D eigenvalue weighted by Crippen LogP contribution is 2.01. The number of carbonyl (C=O) groups excluding carboxylic acids is 1. The molecule has 0 bridgehead atoms. The van der Waals surface area contributed by atoms with Crippen molar-refractivity contribution in [2.75, 3.05) is 26.4 Å². The molecule has 0 aromatic carbocycles. The Morgan fingerprint density at radius 2 is 2.06 bits per heavy atom. The minimum atomic E-state index is 0.00876. The summed E-state index contributed by atoms with van der Waals surface area (Å²) in [6.45, 7) is 6.05. The van der Waals surface area contributed by atoms with Crippen LogP contribution in [-0.4, -0.2) is 36.8 Å². The zero-order chi connectivity index (χ0) is 12.7. The molecule has 0 saturated heterocycles. The average molecular weight is 239 g/mol. The van der Waals surface area contributed by atoms with Crippen LogP contribution in [-0.2, 0) is 16.5 Å². The molecule has 17 heavy (non-hydrogen) atoms. The molecule has 0 amide bonds. The van der Waals surface area contributed by atoms with Gasteiger partial charge >= 0.3 is 0 Å². The molecule has 1 rings (SSSR count). The van der Waals surface area contributed by atoms with E-state index < -0.39 is 0 Å². The van der Waals surface area contributed by atoms with Crippen LogP contribution in [0.1, 0.15) is 24.2 Å². The quantitative estimate of drug-likeness (QED) is 0.514. The molecule has 0 unspecified atom stereocenters. The number of hydrogen-bond donors (Lipinski definition) is 0. The van der Waals surface area contributed by atoms with Crippen molar-refractivity contribution in [2.45, 2.75) is 13.8 Å². The van der Waals surface area contributed by atoms with Crippen molar-refractivity contribution in [3.63, 3.8) is 0 Å². The fraction of sp³-hybridized carbons (Fsp3) is 0.615. The summed E-state index contributed by atoms with van der Waals surface area (Å²) in [5.41, 5.74) is 0.690. The second kappa shape index (κ2) is 7.25. The summed E-state index contributed by atoms with van der Waals surface area (Å²) in [4.78, 5) is 11.6. The van der Waals surface area contributed by atoms with Gasteiger partial charge in [0.25, 0.3) is 0 Å². The lowest BCUT2D eigenvalue weighted by Crippen LogP contribution is -2.13. The lowest BCUT2D eigenvalue weighted by molar-refractivity contribution is 0.0364. The Morgan fingerprint density at radius 1 is 1.35 bits per heavy atom. The Hall–Kier alpha value is -1.13. The Balaban J connectivity index is 2.09. The zero-order valence-corrected chi connectivity index (χ0v) is 10.8. The summed E-state index contributed by atoms with van der Waals surface area (Å²) in [6.07, 6.45) is 3.64. The molecule has 4 heteroatoms. The van der Waals surface area contributed by atoms with Crippen LogP contribution in [0.5, 0.6) is 0 Å². The normalized spacial score (nSPS) is 11.1. The van der Waals surface area contributed by atoms with Gasteiger partial charge in [-0.3, -0.25) is 4.79 Å². The second-order valence-electron chi connectivity index (χ2n) is 4.51. The van der Waals surface area contributed by atoms with Crippen LogP contribution < -0.4 is 0 Å². The predicted octanol–water partition coefficient (Wildman–Crippen LogP) is 1.90. The Bertz CT molecular complexity index is 344. The van der Waals surface area contributed by atoms with E-state index >= 15 is 0 Å². The molecule has 0 saturated carbocycles. The number of aromatic nitrogens is 1. The minimum Gasteiger partial charge on any atom is -0.379 e. The summed E-state index contributed by atoms with van der Waals surface area (Å²) in [5, 5.41) is 0. The summed E-state index contributed by atoms with van der Waals surface area (Å²) in [6, 6.07) is 1.79. The van der Waals surface area contributed by atoms with Gasteiger partial charge in [0.15, 0.2) is 5.78 Å². The maximum Gasteiger partial charge on any atom is 0.189 e. The van der Waals surface area contributed by atoms with Crippen LogP contribution in [0.3, 0.4) is 0 Å². The van der Waals surface area contributed by atoms with Gasteiger partial charge in [0, 0.05) is 31.6 Å². The van der Waals surface area contributed by atoms with Crippen LogP contribution in [0.15, 0.2) is 18.5 Å². The van der Waals surface area contributed by atoms with Gasteiger partial charge in [-0.15, -0.1) is 0 Å². The fourth-order valence-electron chi connectivity index (χ4n) is 1.35. The van der Waals surface area contributed by atoms with E-state index in [2.05, 4.69) is 13.8 Å². The van der Waals surface area contributed by atoms with Crippen molar-refractivity contribution < 1.29 is 14.3 Å². The fourth-order valence-corrected chi connectivity index (χ4v) is 1.35. The first-order chi connectivity index (χ1) is 8.09. The highest BCUT2D eigenvalue weighted by molar-refractivity contribution is 5.96. The monoisotopic (exact) mass is 239 g/mol. The standard InChI is InChI=1S/C13H21NO3/c1-11(2)9-16-6-7-17-10-13(15)12-4-5-14(3)8-12/h4-5,8,11H,6-7,9-10H2,1-3H3. The summed E-state index contributed by atoms with van der Waals surface area (Å²) >= 11 is 0. The highest BCUT2D eigenvalue weighted by Gasteiger charge is 2.06. The second-order valence-corrected chi connectivity index (χ2v) is 4.51. The lowest BCUT2D eigenvalue weighted by Gasteiger charge is -2.06. The van der Waals surface area contributed by atoms with Gasteiger partial charge in [0.1, 0.15) is 6.61 Å². The molecule has 0 fully saturated rings. The van der Waals surface area contributed by atoms with Crippen molar-refractivity contribution in [3.05, 3.63) is 24.0 Å². The average Bonchev–Trinajstić information content (AvgIpc) is 2.69. The first-order valence-corrected chi connectivity index (χ1v) is 5.90. The van der Waals surface area contributed by atoms with Crippen molar-refractivity contribution in [2.24, 2.45) is 13.0 Å². The van der Waals surface area contributed by atoms with Gasteiger partial charge in [0.2, 0.25) is 0 Å². The van der Waals surface area contributed by atoms with E-state index in [1.165, 1.54) is 0 Å². The molecule has 0 atom stereocenters. The Labute approximate surface area is 103 Å². The van der Waals surface area contributed by atoms with E-state index in [4.69, 9.17) is 9.47 Å². The Morgan fingerprint density at radius 3 is 2.65 bits per heavy atom. The summed E-state index contributed by atoms with van der Waals surface area (Å²) < 4.78 is 12.4. The predicted molar refractivity (Wildman–Crippen MR) is 66.2 cm³/mol. The van der Waals surface area contributed by atoms with Crippen LogP contribution in [0.4, 0.5) is 0 Å². The van der Waals surface area contributed by atoms with E-state index in [1.807, 2.05) is 17.8 Å². The summed E-state index contributed by atoms with van der Waals surface area (Å²) in [5.74, 6) is 0.537. The van der Waals surface area contributed by atoms with E-state index in [-0.39, 0.29) is 12.4 Å². The number of hydrogen-bond acceptors (Lipinski definition) is 3. The first kappa shape index (κ1) is 13.9. The van der Waals surface area contributed by atoms with Crippen LogP contribution in [0.2, 0.25) is 0 Å². The maximum absolute atomic E-state index is 11.6. The minimum absolute atomic E-state index is 0.00876. The smallest absolute Gasteiger partial charge is 0.189 e. The highest BCUT2D eigenvalue weighted by atomic mass is 16.5. The van der Waals surface area contributed by atoms with Crippen molar-refractivity contribution in [1.82, 2.24) is 4.57 Å². The number of rotatable bonds is 8. The van der Waals surface area contributed by atoms with E-state index in [1.54, 1.807) is 12.3 Å². The van der Waals surface area contributed by atoms with Gasteiger partial charge in [0.05, 0.1) is 13.2 Å². The third-order valence-corrected chi connectivity index (χ3v) is 2.21. The largest absolute Gasteiger partial charge is 0.379 e. The molecule has 1 aromatic heterocycles. The first-order valence-electron chi connectivity index (χ1n) is 5.90. The molecule has 0 aliphatic rings. The number of ketones is 1. The third kappa shape index (κ3) is 5.65. The molecule has 0 spiro atoms. The topological polar surface area (TPSA) is 40.5 Å². The van der Waals surface area contributed by atoms with Crippen molar-refractivity contribution in [1.29, 1.82) is 0 Å². The number of ether oxygens (including phenoxy) is 2. The van der Waals surface area contributed by atoms with E-state index in [0.717, 1.165) is 6.61 Å². The maximum atomic E-state index is 11.6. The van der Waals surface area contributed by atoms with Crippen LogP contribution in [0, 0.1) is 5.92 Å². The van der Waals surface area contributed by atoms with Gasteiger partial charge in [-0.2, -0.15) is 0 Å². The SMILES string of the molecule is CC(C)COCCOCC(=O)c1ccn(C)c1. The molecular formula is C13H21NO3. The van der Waals surface area contributed by atoms with Crippen LogP contribution >= 0.6 is 0 Å². The molecule has 96 valence electrons. The molecule has 0 N–H and O–H groups in total. The number of Topliss-reactive ketones (excluding diaryl/α,β-unsaturated/α-hetero) is 1. The van der Waals surface area contributed by atoms with Gasteiger partial charge in [-0.1, -0.05) is 13.8 Å². The van der Waals surface area contributed by atoms with Gasteiger partial charge < -0.3 is 14.0 Å².